The van der Waals surface area contributed by atoms with Gasteiger partial charge in [-0.3, -0.25) is 4.79 Å². The molecule has 0 aromatic carbocycles. The Hall–Kier alpha value is -0.610. The van der Waals surface area contributed by atoms with E-state index in [9.17, 15) is 4.79 Å². The summed E-state index contributed by atoms with van der Waals surface area (Å²) in [5.74, 6) is 0.393. The van der Waals surface area contributed by atoms with E-state index < -0.39 is 0 Å². The van der Waals surface area contributed by atoms with E-state index in [2.05, 4.69) is 25.9 Å². The number of amides is 1. The molecule has 0 aliphatic carbocycles. The standard InChI is InChI=1S/C12H25N3O/c1-5-9(2)11(13)12(16)15-7-6-10(8-15)14(3)4/h9-11H,5-8,13H2,1-4H3. The molecule has 1 aliphatic rings. The first-order chi connectivity index (χ1) is 7.47. The molecule has 3 unspecified atom stereocenters. The molecule has 0 spiro atoms. The van der Waals surface area contributed by atoms with Gasteiger partial charge in [-0.1, -0.05) is 20.3 Å². The number of nitrogens with zero attached hydrogens (tertiary/aromatic N) is 2. The van der Waals surface area contributed by atoms with Crippen LogP contribution in [0.3, 0.4) is 0 Å². The van der Waals surface area contributed by atoms with Crippen molar-refractivity contribution in [3.8, 4) is 0 Å². The summed E-state index contributed by atoms with van der Waals surface area (Å²) in [6.07, 6.45) is 2.02. The van der Waals surface area contributed by atoms with Gasteiger partial charge in [0.2, 0.25) is 5.91 Å². The van der Waals surface area contributed by atoms with Crippen LogP contribution in [0.5, 0.6) is 0 Å². The van der Waals surface area contributed by atoms with Gasteiger partial charge < -0.3 is 15.5 Å². The summed E-state index contributed by atoms with van der Waals surface area (Å²) in [5, 5.41) is 0. The van der Waals surface area contributed by atoms with Gasteiger partial charge in [-0.05, 0) is 26.4 Å². The smallest absolute Gasteiger partial charge is 0.239 e. The van der Waals surface area contributed by atoms with E-state index in [-0.39, 0.29) is 17.9 Å². The molecule has 0 bridgehead atoms. The lowest BCUT2D eigenvalue weighted by Crippen LogP contribution is -2.47. The summed E-state index contributed by atoms with van der Waals surface area (Å²) < 4.78 is 0. The normalized spacial score (nSPS) is 24.9. The number of hydrogen-bond acceptors (Lipinski definition) is 3. The zero-order chi connectivity index (χ0) is 12.3. The Kier molecular flexibility index (Phi) is 4.74. The summed E-state index contributed by atoms with van der Waals surface area (Å²) in [6.45, 7) is 5.80. The zero-order valence-electron chi connectivity index (χ0n) is 10.9. The van der Waals surface area contributed by atoms with Gasteiger partial charge in [0.1, 0.15) is 0 Å². The van der Waals surface area contributed by atoms with Gasteiger partial charge in [-0.15, -0.1) is 0 Å². The van der Waals surface area contributed by atoms with Crippen molar-refractivity contribution in [2.24, 2.45) is 11.7 Å². The van der Waals surface area contributed by atoms with E-state index in [1.54, 1.807) is 0 Å². The van der Waals surface area contributed by atoms with Crippen molar-refractivity contribution in [2.75, 3.05) is 27.2 Å². The first kappa shape index (κ1) is 13.5. The van der Waals surface area contributed by atoms with Crippen LogP contribution in [0.1, 0.15) is 26.7 Å². The second-order valence-electron chi connectivity index (χ2n) is 5.10. The van der Waals surface area contributed by atoms with Gasteiger partial charge in [0, 0.05) is 19.1 Å². The van der Waals surface area contributed by atoms with E-state index in [0.717, 1.165) is 25.9 Å². The molecule has 1 aliphatic heterocycles. The molecule has 3 atom stereocenters. The van der Waals surface area contributed by atoms with Crippen molar-refractivity contribution >= 4 is 5.91 Å². The highest BCUT2D eigenvalue weighted by Gasteiger charge is 2.31. The molecule has 2 N–H and O–H groups in total. The monoisotopic (exact) mass is 227 g/mol. The molecule has 1 rings (SSSR count). The lowest BCUT2D eigenvalue weighted by molar-refractivity contribution is -0.132. The molecule has 1 saturated heterocycles. The molecule has 0 aromatic heterocycles. The summed E-state index contributed by atoms with van der Waals surface area (Å²) in [6, 6.07) is 0.166. The molecule has 4 nitrogen and oxygen atoms in total. The quantitative estimate of drug-likeness (QED) is 0.762. The molecule has 1 amide bonds. The molecule has 16 heavy (non-hydrogen) atoms. The van der Waals surface area contributed by atoms with E-state index >= 15 is 0 Å². The van der Waals surface area contributed by atoms with Crippen molar-refractivity contribution in [3.63, 3.8) is 0 Å². The molecule has 1 heterocycles. The molecular weight excluding hydrogens is 202 g/mol. The molecule has 4 heteroatoms. The average molecular weight is 227 g/mol. The average Bonchev–Trinajstić information content (AvgIpc) is 2.75. The highest BCUT2D eigenvalue weighted by molar-refractivity contribution is 5.82. The maximum absolute atomic E-state index is 12.1. The SMILES string of the molecule is CCC(C)C(N)C(=O)N1CCC(N(C)C)C1. The van der Waals surface area contributed by atoms with Gasteiger partial charge in [0.25, 0.3) is 0 Å². The number of carbonyl (C=O) groups excluding carboxylic acids is 1. The van der Waals surface area contributed by atoms with Crippen LogP contribution in [0.4, 0.5) is 0 Å². The van der Waals surface area contributed by atoms with Gasteiger partial charge in [-0.25, -0.2) is 0 Å². The Morgan fingerprint density at radius 1 is 1.56 bits per heavy atom. The topological polar surface area (TPSA) is 49.6 Å². The van der Waals surface area contributed by atoms with Crippen molar-refractivity contribution in [1.29, 1.82) is 0 Å². The Balaban J connectivity index is 2.50. The predicted molar refractivity (Wildman–Crippen MR) is 66.1 cm³/mol. The zero-order valence-corrected chi connectivity index (χ0v) is 10.9. The molecule has 0 radical (unpaired) electrons. The maximum Gasteiger partial charge on any atom is 0.239 e. The van der Waals surface area contributed by atoms with Crippen LogP contribution in [0.25, 0.3) is 0 Å². The Labute approximate surface area is 98.8 Å². The third-order valence-corrected chi connectivity index (χ3v) is 3.75. The van der Waals surface area contributed by atoms with Crippen LogP contribution in [0.15, 0.2) is 0 Å². The Bertz CT molecular complexity index is 242. The van der Waals surface area contributed by atoms with Crippen molar-refractivity contribution in [3.05, 3.63) is 0 Å². The van der Waals surface area contributed by atoms with Gasteiger partial charge >= 0.3 is 0 Å². The van der Waals surface area contributed by atoms with Crippen molar-refractivity contribution < 1.29 is 4.79 Å². The molecule has 0 aromatic rings. The fraction of sp³-hybridized carbons (Fsp3) is 0.917. The largest absolute Gasteiger partial charge is 0.340 e. The minimum Gasteiger partial charge on any atom is -0.340 e. The molecule has 0 saturated carbocycles. The minimum atomic E-state index is -0.328. The third-order valence-electron chi connectivity index (χ3n) is 3.75. The number of carbonyl (C=O) groups is 1. The summed E-state index contributed by atoms with van der Waals surface area (Å²) in [4.78, 5) is 16.2. The number of likely N-dealkylation sites (N-methyl/N-ethyl adjacent to an activating group) is 1. The summed E-state index contributed by atoms with van der Waals surface area (Å²) >= 11 is 0. The fourth-order valence-corrected chi connectivity index (χ4v) is 2.07. The summed E-state index contributed by atoms with van der Waals surface area (Å²) in [5.41, 5.74) is 5.97. The van der Waals surface area contributed by atoms with Crippen LogP contribution >= 0.6 is 0 Å². The van der Waals surface area contributed by atoms with E-state index in [1.807, 2.05) is 11.8 Å². The fourth-order valence-electron chi connectivity index (χ4n) is 2.07. The Morgan fingerprint density at radius 3 is 2.62 bits per heavy atom. The van der Waals surface area contributed by atoms with E-state index in [4.69, 9.17) is 5.73 Å². The highest BCUT2D eigenvalue weighted by atomic mass is 16.2. The highest BCUT2D eigenvalue weighted by Crippen LogP contribution is 2.16. The van der Waals surface area contributed by atoms with Crippen LogP contribution in [-0.4, -0.2) is 55.0 Å². The number of nitrogens with two attached hydrogens (primary N) is 1. The van der Waals surface area contributed by atoms with Crippen LogP contribution in [0, 0.1) is 5.92 Å². The van der Waals surface area contributed by atoms with Crippen LogP contribution < -0.4 is 5.73 Å². The van der Waals surface area contributed by atoms with E-state index in [1.165, 1.54) is 0 Å². The number of rotatable bonds is 4. The lowest BCUT2D eigenvalue weighted by Gasteiger charge is -2.25. The lowest BCUT2D eigenvalue weighted by atomic mass is 9.99. The number of hydrogen-bond donors (Lipinski definition) is 1. The van der Waals surface area contributed by atoms with Gasteiger partial charge in [0.15, 0.2) is 0 Å². The first-order valence-corrected chi connectivity index (χ1v) is 6.18. The van der Waals surface area contributed by atoms with Crippen LogP contribution in [0.2, 0.25) is 0 Å². The van der Waals surface area contributed by atoms with Crippen molar-refractivity contribution in [2.45, 2.75) is 38.8 Å². The van der Waals surface area contributed by atoms with Gasteiger partial charge in [0.05, 0.1) is 6.04 Å². The number of likely N-dealkylation sites (tertiary alicyclic amines) is 1. The maximum atomic E-state index is 12.1. The van der Waals surface area contributed by atoms with Crippen LogP contribution in [-0.2, 0) is 4.79 Å². The second-order valence-corrected chi connectivity index (χ2v) is 5.10. The minimum absolute atomic E-state index is 0.124. The molecular formula is C12H25N3O. The first-order valence-electron chi connectivity index (χ1n) is 6.18. The van der Waals surface area contributed by atoms with Gasteiger partial charge in [-0.2, -0.15) is 0 Å². The van der Waals surface area contributed by atoms with Crippen molar-refractivity contribution in [1.82, 2.24) is 9.80 Å². The Morgan fingerprint density at radius 2 is 2.19 bits per heavy atom. The third kappa shape index (κ3) is 2.95. The predicted octanol–water partition coefficient (Wildman–Crippen LogP) is 0.522. The summed E-state index contributed by atoms with van der Waals surface area (Å²) in [7, 11) is 4.13. The second kappa shape index (κ2) is 5.64. The molecule has 1 fully saturated rings. The van der Waals surface area contributed by atoms with E-state index in [0.29, 0.717) is 6.04 Å². The molecule has 94 valence electrons.